The van der Waals surface area contributed by atoms with Crippen LogP contribution in [0.15, 0.2) is 0 Å². The molecular weight excluding hydrogens is 151 g/mol. The Morgan fingerprint density at radius 2 is 1.50 bits per heavy atom. The number of rotatable bonds is 0. The summed E-state index contributed by atoms with van der Waals surface area (Å²) in [5.74, 6) is 0. The van der Waals surface area contributed by atoms with Gasteiger partial charge in [0, 0.05) is 23.1 Å². The highest BCUT2D eigenvalue weighted by molar-refractivity contribution is 8.59. The molecule has 0 fully saturated rings. The Balaban J connectivity index is 0. The molecule has 0 saturated heterocycles. The monoisotopic (exact) mass is 154 g/mol. The van der Waals surface area contributed by atoms with E-state index >= 15 is 0 Å². The first kappa shape index (κ1) is 10.6. The molecule has 6 heavy (non-hydrogen) atoms. The summed E-state index contributed by atoms with van der Waals surface area (Å²) in [4.78, 5) is 15.7. The van der Waals surface area contributed by atoms with E-state index in [-0.39, 0.29) is 23.1 Å². The quantitative estimate of drug-likeness (QED) is 0.256. The van der Waals surface area contributed by atoms with Crippen LogP contribution in [0.3, 0.4) is 0 Å². The highest BCUT2D eigenvalue weighted by Crippen LogP contribution is 2.39. The van der Waals surface area contributed by atoms with Gasteiger partial charge >= 0.3 is 0 Å². The van der Waals surface area contributed by atoms with Gasteiger partial charge in [0.2, 0.25) is 5.69 Å². The minimum absolute atomic E-state index is 0. The number of hydrogen-bond donors (Lipinski definition) is 3. The van der Waals surface area contributed by atoms with E-state index in [9.17, 15) is 0 Å². The molecule has 0 heterocycles. The lowest BCUT2D eigenvalue weighted by molar-refractivity contribution is 0.503. The summed E-state index contributed by atoms with van der Waals surface area (Å²) in [6, 6.07) is 0. The van der Waals surface area contributed by atoms with Crippen molar-refractivity contribution in [2.45, 2.75) is 0 Å². The highest BCUT2D eigenvalue weighted by atomic mass is 32.9. The summed E-state index contributed by atoms with van der Waals surface area (Å²) < 4.78 is 0. The minimum Gasteiger partial charge on any atom is -0.338 e. The molecule has 0 atom stereocenters. The zero-order valence-corrected chi connectivity index (χ0v) is 6.92. The Hall–Kier alpha value is 1.69. The maximum Gasteiger partial charge on any atom is 0.239 e. The van der Waals surface area contributed by atoms with Gasteiger partial charge < -0.3 is 9.79 Å². The molecule has 0 rings (SSSR count). The van der Waals surface area contributed by atoms with Crippen LogP contribution in [0.1, 0.15) is 0 Å². The molecule has 0 aliphatic carbocycles. The van der Waals surface area contributed by atoms with Gasteiger partial charge in [-0.2, -0.15) is 0 Å². The fraction of sp³-hybridized carbons (Fsp3) is 0. The summed E-state index contributed by atoms with van der Waals surface area (Å²) in [7, 11) is 0. The van der Waals surface area contributed by atoms with Crippen molar-refractivity contribution in [1.29, 1.82) is 0 Å². The molecule has 6 heteroatoms. The van der Waals surface area contributed by atoms with Crippen molar-refractivity contribution in [1.82, 2.24) is 0 Å². The Bertz CT molecular complexity index is 57.7. The van der Waals surface area contributed by atoms with Crippen LogP contribution >= 0.6 is 17.9 Å². The van der Waals surface area contributed by atoms with Crippen LogP contribution < -0.4 is 0 Å². The van der Waals surface area contributed by atoms with E-state index in [4.69, 9.17) is 9.79 Å². The normalized spacial score (nSPS) is 9.83. The summed E-state index contributed by atoms with van der Waals surface area (Å²) in [5.41, 5.74) is -3.11. The fourth-order valence-corrected chi connectivity index (χ4v) is 0. The molecular formula is H3MgO2PS2. The van der Waals surface area contributed by atoms with Crippen LogP contribution in [-0.4, -0.2) is 32.8 Å². The van der Waals surface area contributed by atoms with Gasteiger partial charge in [-0.1, -0.05) is 12.2 Å². The maximum absolute atomic E-state index is 7.87. The molecule has 0 aliphatic rings. The van der Waals surface area contributed by atoms with E-state index in [1.54, 1.807) is 0 Å². The Morgan fingerprint density at radius 3 is 1.50 bits per heavy atom. The molecule has 0 bridgehead atoms. The second kappa shape index (κ2) is 3.66. The Labute approximate surface area is 62.4 Å². The smallest absolute Gasteiger partial charge is 0.239 e. The molecule has 0 aromatic heterocycles. The number of thiol groups is 1. The van der Waals surface area contributed by atoms with Crippen molar-refractivity contribution in [2.75, 3.05) is 0 Å². The molecule has 2 N–H and O–H groups in total. The first-order valence-electron chi connectivity index (χ1n) is 0.783. The van der Waals surface area contributed by atoms with Gasteiger partial charge in [0.05, 0.1) is 0 Å². The van der Waals surface area contributed by atoms with Crippen LogP contribution in [0, 0.1) is 0 Å². The first-order valence-corrected chi connectivity index (χ1v) is 4.64. The van der Waals surface area contributed by atoms with Crippen molar-refractivity contribution in [3.8, 4) is 0 Å². The van der Waals surface area contributed by atoms with E-state index in [1.807, 2.05) is 0 Å². The van der Waals surface area contributed by atoms with Gasteiger partial charge in [0.15, 0.2) is 0 Å². The lowest BCUT2D eigenvalue weighted by atomic mass is 15.9. The Kier molecular flexibility index (Phi) is 6.48. The van der Waals surface area contributed by atoms with Crippen LogP contribution in [-0.2, 0) is 11.8 Å². The Morgan fingerprint density at radius 1 is 1.50 bits per heavy atom. The lowest BCUT2D eigenvalue weighted by Gasteiger charge is -1.88. The van der Waals surface area contributed by atoms with Crippen molar-refractivity contribution >= 4 is 52.8 Å². The second-order valence-electron chi connectivity index (χ2n) is 0.513. The average Bonchev–Trinajstić information content (AvgIpc) is 0.722. The third kappa shape index (κ3) is 43.9. The third-order valence-electron chi connectivity index (χ3n) is 0. The van der Waals surface area contributed by atoms with Gasteiger partial charge in [-0.15, -0.1) is 0 Å². The molecule has 0 aromatic rings. The summed E-state index contributed by atoms with van der Waals surface area (Å²) >= 11 is 7.07. The van der Waals surface area contributed by atoms with Gasteiger partial charge in [-0.25, -0.2) is 0 Å². The van der Waals surface area contributed by atoms with Crippen LogP contribution in [0.25, 0.3) is 0 Å². The summed E-state index contributed by atoms with van der Waals surface area (Å²) in [6.07, 6.45) is 0. The maximum atomic E-state index is 7.87. The molecule has 0 aromatic carbocycles. The molecule has 34 valence electrons. The third-order valence-corrected chi connectivity index (χ3v) is 0. The molecule has 0 amide bonds. The summed E-state index contributed by atoms with van der Waals surface area (Å²) in [5, 5.41) is 0. The molecule has 0 saturated carbocycles. The van der Waals surface area contributed by atoms with Gasteiger partial charge in [-0.3, -0.25) is 0 Å². The van der Waals surface area contributed by atoms with Gasteiger partial charge in [0.25, 0.3) is 0 Å². The average molecular weight is 154 g/mol. The largest absolute Gasteiger partial charge is 0.338 e. The predicted octanol–water partition coefficient (Wildman–Crippen LogP) is -0.256. The van der Waals surface area contributed by atoms with E-state index in [2.05, 4.69) is 24.1 Å². The molecule has 2 radical (unpaired) electrons. The fourth-order valence-electron chi connectivity index (χ4n) is 0. The summed E-state index contributed by atoms with van der Waals surface area (Å²) in [6.45, 7) is 0. The molecule has 2 nitrogen and oxygen atoms in total. The van der Waals surface area contributed by atoms with Crippen LogP contribution in [0.4, 0.5) is 0 Å². The highest BCUT2D eigenvalue weighted by Gasteiger charge is 1.90. The van der Waals surface area contributed by atoms with Gasteiger partial charge in [-0.05, 0) is 11.8 Å². The van der Waals surface area contributed by atoms with Crippen LogP contribution in [0.2, 0.25) is 0 Å². The molecule has 0 aliphatic heterocycles. The van der Waals surface area contributed by atoms with E-state index < -0.39 is 5.69 Å². The predicted molar refractivity (Wildman–Crippen MR) is 33.5 cm³/mol. The number of hydrogen-bond acceptors (Lipinski definition) is 1. The lowest BCUT2D eigenvalue weighted by Crippen LogP contribution is -1.53. The van der Waals surface area contributed by atoms with E-state index in [0.717, 1.165) is 0 Å². The van der Waals surface area contributed by atoms with Crippen LogP contribution in [0.5, 0.6) is 0 Å². The topological polar surface area (TPSA) is 40.5 Å². The molecule has 0 spiro atoms. The van der Waals surface area contributed by atoms with Crippen molar-refractivity contribution in [3.05, 3.63) is 0 Å². The van der Waals surface area contributed by atoms with Gasteiger partial charge in [0.1, 0.15) is 0 Å². The van der Waals surface area contributed by atoms with Crippen molar-refractivity contribution in [3.63, 3.8) is 0 Å². The molecule has 0 unspecified atom stereocenters. The first-order chi connectivity index (χ1) is 2.00. The van der Waals surface area contributed by atoms with Crippen molar-refractivity contribution in [2.24, 2.45) is 0 Å². The van der Waals surface area contributed by atoms with E-state index in [1.165, 1.54) is 0 Å². The standard InChI is InChI=1S/Mg.H3O2PS2/c;1-3(2,4)5/h;(H3,1,2,4,5). The zero-order chi connectivity index (χ0) is 4.50. The SMILES string of the molecule is OP(O)(=S)S.[Mg]. The van der Waals surface area contributed by atoms with E-state index in [0.29, 0.717) is 0 Å². The second-order valence-corrected chi connectivity index (χ2v) is 5.55. The minimum atomic E-state index is -3.11. The van der Waals surface area contributed by atoms with Crippen molar-refractivity contribution < 1.29 is 9.79 Å². The zero-order valence-electron chi connectivity index (χ0n) is 2.90.